The first-order valence-corrected chi connectivity index (χ1v) is 5.85. The van der Waals surface area contributed by atoms with Crippen molar-refractivity contribution in [1.29, 1.82) is 0 Å². The van der Waals surface area contributed by atoms with Crippen LogP contribution in [0.4, 0.5) is 0 Å². The highest BCUT2D eigenvalue weighted by Crippen LogP contribution is 2.41. The molecule has 0 spiro atoms. The number of alkyl halides is 1. The van der Waals surface area contributed by atoms with Crippen LogP contribution < -0.4 is 4.52 Å². The molecule has 0 aliphatic carbocycles. The lowest BCUT2D eigenvalue weighted by molar-refractivity contribution is 0.282. The lowest BCUT2D eigenvalue weighted by atomic mass is 10.1. The standard InChI is InChI=1S/C8H10ClO4P/c1-6(9)7-4-2-3-5-8(7)13-14(10,11)12/h2-6H,1H3,(H2,10,11,12). The van der Waals surface area contributed by atoms with E-state index in [2.05, 4.69) is 4.52 Å². The van der Waals surface area contributed by atoms with Crippen molar-refractivity contribution in [3.63, 3.8) is 0 Å². The van der Waals surface area contributed by atoms with Crippen LogP contribution >= 0.6 is 19.4 Å². The predicted molar refractivity (Wildman–Crippen MR) is 53.4 cm³/mol. The minimum atomic E-state index is -4.51. The van der Waals surface area contributed by atoms with Gasteiger partial charge in [-0.1, -0.05) is 18.2 Å². The summed E-state index contributed by atoms with van der Waals surface area (Å²) in [6.45, 7) is 1.70. The zero-order valence-electron chi connectivity index (χ0n) is 7.42. The molecule has 0 heterocycles. The van der Waals surface area contributed by atoms with E-state index in [0.29, 0.717) is 5.56 Å². The van der Waals surface area contributed by atoms with Crippen LogP contribution in [0.25, 0.3) is 0 Å². The predicted octanol–water partition coefficient (Wildman–Crippen LogP) is 2.46. The van der Waals surface area contributed by atoms with E-state index in [1.54, 1.807) is 25.1 Å². The van der Waals surface area contributed by atoms with Crippen LogP contribution in [0.1, 0.15) is 17.9 Å². The number of benzene rings is 1. The number of para-hydroxylation sites is 1. The van der Waals surface area contributed by atoms with Gasteiger partial charge in [-0.05, 0) is 13.0 Å². The molecular weight excluding hydrogens is 227 g/mol. The SMILES string of the molecule is CC(Cl)c1ccccc1OP(=O)(O)O. The zero-order chi connectivity index (χ0) is 10.8. The first-order chi connectivity index (χ1) is 6.40. The maximum atomic E-state index is 10.6. The van der Waals surface area contributed by atoms with E-state index in [1.807, 2.05) is 0 Å². The number of hydrogen-bond donors (Lipinski definition) is 2. The van der Waals surface area contributed by atoms with Crippen molar-refractivity contribution in [3.8, 4) is 5.75 Å². The average molecular weight is 237 g/mol. The van der Waals surface area contributed by atoms with E-state index in [-0.39, 0.29) is 11.1 Å². The number of halogens is 1. The molecule has 0 aliphatic rings. The van der Waals surface area contributed by atoms with Gasteiger partial charge in [-0.2, -0.15) is 0 Å². The maximum Gasteiger partial charge on any atom is 0.524 e. The molecule has 0 saturated carbocycles. The van der Waals surface area contributed by atoms with Gasteiger partial charge in [-0.25, -0.2) is 4.57 Å². The van der Waals surface area contributed by atoms with E-state index in [1.165, 1.54) is 6.07 Å². The lowest BCUT2D eigenvalue weighted by Gasteiger charge is -2.12. The quantitative estimate of drug-likeness (QED) is 0.625. The molecule has 1 aromatic carbocycles. The first kappa shape index (κ1) is 11.5. The zero-order valence-corrected chi connectivity index (χ0v) is 9.07. The van der Waals surface area contributed by atoms with Crippen molar-refractivity contribution in [3.05, 3.63) is 29.8 Å². The molecule has 1 rings (SSSR count). The van der Waals surface area contributed by atoms with E-state index >= 15 is 0 Å². The van der Waals surface area contributed by atoms with Crippen LogP contribution in [0.3, 0.4) is 0 Å². The third-order valence-corrected chi connectivity index (χ3v) is 2.23. The van der Waals surface area contributed by atoms with Gasteiger partial charge in [0, 0.05) is 5.56 Å². The molecule has 1 aromatic rings. The smallest absolute Gasteiger partial charge is 0.404 e. The number of phosphoric ester groups is 1. The van der Waals surface area contributed by atoms with Crippen LogP contribution in [-0.2, 0) is 4.57 Å². The van der Waals surface area contributed by atoms with Gasteiger partial charge in [0.05, 0.1) is 5.38 Å². The summed E-state index contributed by atoms with van der Waals surface area (Å²) in [5, 5.41) is -0.363. The van der Waals surface area contributed by atoms with Gasteiger partial charge in [0.25, 0.3) is 0 Å². The fourth-order valence-corrected chi connectivity index (χ4v) is 1.62. The fourth-order valence-electron chi connectivity index (χ4n) is 1.02. The minimum Gasteiger partial charge on any atom is -0.404 e. The average Bonchev–Trinajstić information content (AvgIpc) is 2.01. The molecule has 1 atom stereocenters. The van der Waals surface area contributed by atoms with Gasteiger partial charge in [0.2, 0.25) is 0 Å². The van der Waals surface area contributed by atoms with Crippen LogP contribution in [-0.4, -0.2) is 9.79 Å². The molecule has 0 aliphatic heterocycles. The molecule has 4 nitrogen and oxygen atoms in total. The third-order valence-electron chi connectivity index (χ3n) is 1.56. The fraction of sp³-hybridized carbons (Fsp3) is 0.250. The van der Waals surface area contributed by atoms with Gasteiger partial charge in [0.1, 0.15) is 5.75 Å². The van der Waals surface area contributed by atoms with Crippen LogP contribution in [0, 0.1) is 0 Å². The van der Waals surface area contributed by atoms with Gasteiger partial charge < -0.3 is 4.52 Å². The van der Waals surface area contributed by atoms with Crippen molar-refractivity contribution >= 4 is 19.4 Å². The molecule has 1 unspecified atom stereocenters. The minimum absolute atomic E-state index is 0.114. The topological polar surface area (TPSA) is 66.8 Å². The molecule has 0 radical (unpaired) electrons. The molecule has 0 bridgehead atoms. The van der Waals surface area contributed by atoms with E-state index in [4.69, 9.17) is 21.4 Å². The van der Waals surface area contributed by atoms with Crippen molar-refractivity contribution in [2.75, 3.05) is 0 Å². The third kappa shape index (κ3) is 3.31. The molecular formula is C8H10ClO4P. The molecule has 2 N–H and O–H groups in total. The number of hydrogen-bond acceptors (Lipinski definition) is 2. The second-order valence-electron chi connectivity index (χ2n) is 2.74. The highest BCUT2D eigenvalue weighted by Gasteiger charge is 2.19. The van der Waals surface area contributed by atoms with Gasteiger partial charge in [-0.3, -0.25) is 9.79 Å². The van der Waals surface area contributed by atoms with Crippen LogP contribution in [0.15, 0.2) is 24.3 Å². The molecule has 0 aromatic heterocycles. The number of phosphoric acid groups is 1. The van der Waals surface area contributed by atoms with Crippen molar-refractivity contribution in [1.82, 2.24) is 0 Å². The second-order valence-corrected chi connectivity index (χ2v) is 4.55. The van der Waals surface area contributed by atoms with Crippen molar-refractivity contribution in [2.45, 2.75) is 12.3 Å². The van der Waals surface area contributed by atoms with Crippen molar-refractivity contribution in [2.24, 2.45) is 0 Å². The molecule has 6 heteroatoms. The Hall–Kier alpha value is -0.540. The number of rotatable bonds is 3. The maximum absolute atomic E-state index is 10.6. The summed E-state index contributed by atoms with van der Waals surface area (Å²) >= 11 is 5.80. The Bertz CT molecular complexity index is 360. The second kappa shape index (κ2) is 4.32. The summed E-state index contributed by atoms with van der Waals surface area (Å²) in [4.78, 5) is 17.2. The highest BCUT2D eigenvalue weighted by molar-refractivity contribution is 7.46. The highest BCUT2D eigenvalue weighted by atomic mass is 35.5. The summed E-state index contributed by atoms with van der Waals surface area (Å²) < 4.78 is 15.1. The van der Waals surface area contributed by atoms with Crippen LogP contribution in [0.2, 0.25) is 0 Å². The molecule has 0 fully saturated rings. The Morgan fingerprint density at radius 3 is 2.50 bits per heavy atom. The first-order valence-electron chi connectivity index (χ1n) is 3.88. The van der Waals surface area contributed by atoms with Gasteiger partial charge in [0.15, 0.2) is 0 Å². The molecule has 78 valence electrons. The molecule has 14 heavy (non-hydrogen) atoms. The van der Waals surface area contributed by atoms with Crippen LogP contribution in [0.5, 0.6) is 5.75 Å². The normalized spacial score (nSPS) is 13.7. The summed E-state index contributed by atoms with van der Waals surface area (Å²) in [6, 6.07) is 6.46. The van der Waals surface area contributed by atoms with Crippen molar-refractivity contribution < 1.29 is 18.9 Å². The van der Waals surface area contributed by atoms with E-state index in [0.717, 1.165) is 0 Å². The molecule has 0 amide bonds. The summed E-state index contributed by atoms with van der Waals surface area (Å²) in [7, 11) is -4.51. The Morgan fingerprint density at radius 2 is 2.00 bits per heavy atom. The van der Waals surface area contributed by atoms with Gasteiger partial charge >= 0.3 is 7.82 Å². The summed E-state index contributed by atoms with van der Waals surface area (Å²) in [5.74, 6) is 0.114. The lowest BCUT2D eigenvalue weighted by Crippen LogP contribution is -1.95. The van der Waals surface area contributed by atoms with Gasteiger partial charge in [-0.15, -0.1) is 11.6 Å². The molecule has 0 saturated heterocycles. The van der Waals surface area contributed by atoms with E-state index in [9.17, 15) is 4.57 Å². The Morgan fingerprint density at radius 1 is 1.43 bits per heavy atom. The van der Waals surface area contributed by atoms with E-state index < -0.39 is 7.82 Å². The summed E-state index contributed by atoms with van der Waals surface area (Å²) in [6.07, 6.45) is 0. The largest absolute Gasteiger partial charge is 0.524 e. The Labute approximate surface area is 86.7 Å². The monoisotopic (exact) mass is 236 g/mol. The summed E-state index contributed by atoms with van der Waals surface area (Å²) in [5.41, 5.74) is 0.553. The Balaban J connectivity index is 3.02. The Kier molecular flexibility index (Phi) is 3.56.